The Morgan fingerprint density at radius 3 is 2.30 bits per heavy atom. The van der Waals surface area contributed by atoms with Crippen molar-refractivity contribution in [3.8, 4) is 0 Å². The van der Waals surface area contributed by atoms with Crippen molar-refractivity contribution in [3.63, 3.8) is 0 Å². The van der Waals surface area contributed by atoms with Crippen molar-refractivity contribution in [2.45, 2.75) is 24.9 Å². The lowest BCUT2D eigenvalue weighted by atomic mass is 10.0. The van der Waals surface area contributed by atoms with Gasteiger partial charge in [0.05, 0.1) is 17.2 Å². The van der Waals surface area contributed by atoms with E-state index in [1.165, 1.54) is 24.2 Å². The van der Waals surface area contributed by atoms with Gasteiger partial charge in [0.1, 0.15) is 5.82 Å². The van der Waals surface area contributed by atoms with Crippen molar-refractivity contribution in [3.05, 3.63) is 70.5 Å². The number of hydrogen-bond acceptors (Lipinski definition) is 4. The molecule has 1 aliphatic heterocycles. The summed E-state index contributed by atoms with van der Waals surface area (Å²) in [7, 11) is 1.25. The molecule has 2 aromatic carbocycles. The first-order valence-corrected chi connectivity index (χ1v) is 9.79. The lowest BCUT2D eigenvalue weighted by Crippen LogP contribution is -2.48. The van der Waals surface area contributed by atoms with E-state index < -0.39 is 48.0 Å². The third-order valence-electron chi connectivity index (χ3n) is 5.07. The topological polar surface area (TPSA) is 44.8 Å². The Bertz CT molecular complexity index is 977. The van der Waals surface area contributed by atoms with Crippen LogP contribution in [0.15, 0.2) is 42.5 Å². The number of carbonyl (C=O) groups excluding carboxylic acids is 1. The number of nitrogens with one attached hydrogen (secondary N) is 1. The molecule has 0 spiro atoms. The molecule has 0 aromatic heterocycles. The van der Waals surface area contributed by atoms with Crippen LogP contribution in [0.25, 0.3) is 0 Å². The number of halogens is 7. The van der Waals surface area contributed by atoms with Gasteiger partial charge in [-0.2, -0.15) is 26.3 Å². The van der Waals surface area contributed by atoms with Crippen LogP contribution >= 0.6 is 0 Å². The molecule has 0 radical (unpaired) electrons. The fourth-order valence-electron chi connectivity index (χ4n) is 3.44. The van der Waals surface area contributed by atoms with Gasteiger partial charge in [-0.3, -0.25) is 0 Å². The molecule has 180 valence electrons. The molecule has 2 aromatic rings. The van der Waals surface area contributed by atoms with E-state index in [0.717, 1.165) is 11.0 Å². The zero-order chi connectivity index (χ0) is 24.4. The number of piperazine rings is 1. The van der Waals surface area contributed by atoms with Gasteiger partial charge in [0.15, 0.2) is 0 Å². The maximum Gasteiger partial charge on any atom is 0.428 e. The Hall–Kier alpha value is -2.86. The maximum absolute atomic E-state index is 13.2. The molecule has 1 unspecified atom stereocenters. The van der Waals surface area contributed by atoms with E-state index >= 15 is 0 Å². The van der Waals surface area contributed by atoms with Gasteiger partial charge in [-0.05, 0) is 35.4 Å². The van der Waals surface area contributed by atoms with Gasteiger partial charge in [-0.15, -0.1) is 5.06 Å². The monoisotopic (exact) mass is 479 g/mol. The molecule has 1 heterocycles. The van der Waals surface area contributed by atoms with Crippen molar-refractivity contribution in [1.82, 2.24) is 15.3 Å². The van der Waals surface area contributed by atoms with E-state index in [0.29, 0.717) is 37.3 Å². The highest BCUT2D eigenvalue weighted by Gasteiger charge is 2.43. The standard InChI is InChI=1S/C21H20F7N3O2/c1-30(12-13-2-7-16(20(23,24)25)17(10-13)21(26,27)28)19(32)33-31-9-8-29-11-18(31)14-3-5-15(22)6-4-14/h2-7,10,18,29H,8-9,11-12H2,1H3. The van der Waals surface area contributed by atoms with Crippen molar-refractivity contribution >= 4 is 6.09 Å². The predicted molar refractivity (Wildman–Crippen MR) is 103 cm³/mol. The Morgan fingerprint density at radius 2 is 1.70 bits per heavy atom. The maximum atomic E-state index is 13.2. The summed E-state index contributed by atoms with van der Waals surface area (Å²) < 4.78 is 91.5. The first-order chi connectivity index (χ1) is 15.4. The van der Waals surface area contributed by atoms with Crippen LogP contribution in [0.1, 0.15) is 28.3 Å². The molecule has 5 nitrogen and oxygen atoms in total. The van der Waals surface area contributed by atoms with Gasteiger partial charge in [-0.1, -0.05) is 18.2 Å². The zero-order valence-corrected chi connectivity index (χ0v) is 17.3. The minimum Gasteiger partial charge on any atom is -0.350 e. The van der Waals surface area contributed by atoms with Crippen molar-refractivity contribution < 1.29 is 40.4 Å². The highest BCUT2D eigenvalue weighted by molar-refractivity contribution is 5.67. The van der Waals surface area contributed by atoms with Crippen LogP contribution in [0.5, 0.6) is 0 Å². The number of benzene rings is 2. The lowest BCUT2D eigenvalue weighted by Gasteiger charge is -2.35. The largest absolute Gasteiger partial charge is 0.428 e. The molecule has 1 saturated heterocycles. The van der Waals surface area contributed by atoms with Gasteiger partial charge in [-0.25, -0.2) is 9.18 Å². The minimum absolute atomic E-state index is 0.148. The second-order valence-electron chi connectivity index (χ2n) is 7.50. The summed E-state index contributed by atoms with van der Waals surface area (Å²) in [4.78, 5) is 18.9. The zero-order valence-electron chi connectivity index (χ0n) is 17.3. The molecule has 1 atom stereocenters. The molecule has 1 N–H and O–H groups in total. The van der Waals surface area contributed by atoms with E-state index in [2.05, 4.69) is 5.32 Å². The number of hydrogen-bond donors (Lipinski definition) is 1. The summed E-state index contributed by atoms with van der Waals surface area (Å²) in [5.74, 6) is -0.430. The average Bonchev–Trinajstić information content (AvgIpc) is 2.73. The number of nitrogens with zero attached hydrogens (tertiary/aromatic N) is 2. The SMILES string of the molecule is CN(Cc1ccc(C(F)(F)F)c(C(F)(F)F)c1)C(=O)ON1CCNCC1c1ccc(F)cc1. The van der Waals surface area contributed by atoms with Crippen LogP contribution in [-0.2, 0) is 23.7 Å². The third-order valence-corrected chi connectivity index (χ3v) is 5.07. The molecule has 1 aliphatic rings. The highest BCUT2D eigenvalue weighted by Crippen LogP contribution is 2.40. The van der Waals surface area contributed by atoms with Gasteiger partial charge in [0, 0.05) is 33.2 Å². The molecule has 3 rings (SSSR count). The molecule has 33 heavy (non-hydrogen) atoms. The fraction of sp³-hybridized carbons (Fsp3) is 0.381. The fourth-order valence-corrected chi connectivity index (χ4v) is 3.44. The van der Waals surface area contributed by atoms with E-state index in [4.69, 9.17) is 4.84 Å². The van der Waals surface area contributed by atoms with E-state index in [1.54, 1.807) is 12.1 Å². The predicted octanol–water partition coefficient (Wildman–Crippen LogP) is 4.99. The van der Waals surface area contributed by atoms with Crippen LogP contribution in [0, 0.1) is 5.82 Å². The highest BCUT2D eigenvalue weighted by atomic mass is 19.4. The second kappa shape index (κ2) is 9.56. The van der Waals surface area contributed by atoms with E-state index in [9.17, 15) is 35.5 Å². The number of rotatable bonds is 4. The van der Waals surface area contributed by atoms with Crippen molar-refractivity contribution in [1.29, 1.82) is 0 Å². The normalized spacial score (nSPS) is 17.6. The van der Waals surface area contributed by atoms with E-state index in [1.807, 2.05) is 0 Å². The van der Waals surface area contributed by atoms with Gasteiger partial charge >= 0.3 is 18.4 Å². The third kappa shape index (κ3) is 6.14. The van der Waals surface area contributed by atoms with Crippen molar-refractivity contribution in [2.75, 3.05) is 26.7 Å². The molecule has 12 heteroatoms. The molecule has 1 fully saturated rings. The number of alkyl halides is 6. The number of amides is 1. The summed E-state index contributed by atoms with van der Waals surface area (Å²) in [6.07, 6.45) is -11.3. The van der Waals surface area contributed by atoms with E-state index in [-0.39, 0.29) is 5.56 Å². The Balaban J connectivity index is 1.73. The van der Waals surface area contributed by atoms with Gasteiger partial charge in [0.2, 0.25) is 0 Å². The minimum atomic E-state index is -5.22. The Morgan fingerprint density at radius 1 is 1.06 bits per heavy atom. The Labute approximate surface area is 184 Å². The number of carbonyl (C=O) groups is 1. The molecule has 0 bridgehead atoms. The average molecular weight is 479 g/mol. The summed E-state index contributed by atoms with van der Waals surface area (Å²) in [5.41, 5.74) is -3.10. The molecule has 0 saturated carbocycles. The summed E-state index contributed by atoms with van der Waals surface area (Å²) in [6.45, 7) is 0.770. The first kappa shape index (κ1) is 24.8. The van der Waals surface area contributed by atoms with Gasteiger partial charge < -0.3 is 15.1 Å². The first-order valence-electron chi connectivity index (χ1n) is 9.79. The summed E-state index contributed by atoms with van der Waals surface area (Å²) >= 11 is 0. The smallest absolute Gasteiger partial charge is 0.350 e. The molecular weight excluding hydrogens is 459 g/mol. The van der Waals surface area contributed by atoms with Crippen molar-refractivity contribution in [2.24, 2.45) is 0 Å². The summed E-state index contributed by atoms with van der Waals surface area (Å²) in [6, 6.07) is 6.78. The molecule has 1 amide bonds. The van der Waals surface area contributed by atoms with Crippen LogP contribution in [-0.4, -0.2) is 42.7 Å². The lowest BCUT2D eigenvalue weighted by molar-refractivity contribution is -0.162. The second-order valence-corrected chi connectivity index (χ2v) is 7.50. The summed E-state index contributed by atoms with van der Waals surface area (Å²) in [5, 5.41) is 4.49. The number of hydroxylamine groups is 2. The van der Waals surface area contributed by atoms with Gasteiger partial charge in [0.25, 0.3) is 0 Å². The van der Waals surface area contributed by atoms with Crippen LogP contribution in [0.4, 0.5) is 35.5 Å². The van der Waals surface area contributed by atoms with Crippen LogP contribution < -0.4 is 5.32 Å². The molecular formula is C21H20F7N3O2. The van der Waals surface area contributed by atoms with Crippen LogP contribution in [0.2, 0.25) is 0 Å². The molecule has 0 aliphatic carbocycles. The quantitative estimate of drug-likeness (QED) is 0.628. The van der Waals surface area contributed by atoms with Crippen LogP contribution in [0.3, 0.4) is 0 Å². The Kier molecular flexibility index (Phi) is 7.17.